The van der Waals surface area contributed by atoms with Crippen molar-refractivity contribution in [1.82, 2.24) is 4.90 Å². The topological polar surface area (TPSA) is 48.0 Å². The van der Waals surface area contributed by atoms with Crippen LogP contribution in [-0.2, 0) is 11.3 Å². The zero-order valence-corrected chi connectivity index (χ0v) is 15.6. The van der Waals surface area contributed by atoms with Crippen LogP contribution in [0, 0.1) is 0 Å². The van der Waals surface area contributed by atoms with Gasteiger partial charge in [-0.2, -0.15) is 0 Å². The van der Waals surface area contributed by atoms with Crippen LogP contribution < -0.4 is 14.2 Å². The van der Waals surface area contributed by atoms with Crippen molar-refractivity contribution < 1.29 is 19.0 Å². The third-order valence-electron chi connectivity index (χ3n) is 3.90. The van der Waals surface area contributed by atoms with Crippen molar-refractivity contribution in [1.29, 1.82) is 0 Å². The molecule has 1 aliphatic rings. The molecule has 1 aliphatic heterocycles. The number of amides is 1. The molecule has 0 saturated heterocycles. The molecule has 1 amide bonds. The van der Waals surface area contributed by atoms with Gasteiger partial charge in [-0.3, -0.25) is 4.79 Å². The molecular weight excluding hydrogens is 386 g/mol. The van der Waals surface area contributed by atoms with E-state index in [0.29, 0.717) is 32.1 Å². The van der Waals surface area contributed by atoms with Gasteiger partial charge in [-0.15, -0.1) is 0 Å². The summed E-state index contributed by atoms with van der Waals surface area (Å²) in [5, 5.41) is 0. The predicted octanol–water partition coefficient (Wildman–Crippen LogP) is 3.65. The Labute approximate surface area is 155 Å². The molecule has 0 fully saturated rings. The number of hydrogen-bond acceptors (Lipinski definition) is 4. The summed E-state index contributed by atoms with van der Waals surface area (Å²) < 4.78 is 17.6. The Hall–Kier alpha value is -2.21. The molecule has 0 radical (unpaired) electrons. The Balaban J connectivity index is 1.62. The van der Waals surface area contributed by atoms with Crippen molar-refractivity contribution in [3.8, 4) is 17.2 Å². The SMILES string of the molecule is CCN(Cc1ccc2c(c1)OCCO2)C(=O)COc1ccccc1Br. The Morgan fingerprint density at radius 2 is 1.92 bits per heavy atom. The summed E-state index contributed by atoms with van der Waals surface area (Å²) in [5.74, 6) is 2.08. The monoisotopic (exact) mass is 405 g/mol. The minimum atomic E-state index is -0.0619. The lowest BCUT2D eigenvalue weighted by Gasteiger charge is -2.23. The molecule has 0 N–H and O–H groups in total. The number of rotatable bonds is 6. The van der Waals surface area contributed by atoms with Crippen LogP contribution in [0.25, 0.3) is 0 Å². The summed E-state index contributed by atoms with van der Waals surface area (Å²) in [6.07, 6.45) is 0. The summed E-state index contributed by atoms with van der Waals surface area (Å²) in [7, 11) is 0. The summed E-state index contributed by atoms with van der Waals surface area (Å²) in [6, 6.07) is 13.3. The van der Waals surface area contributed by atoms with E-state index in [1.807, 2.05) is 49.4 Å². The van der Waals surface area contributed by atoms with Gasteiger partial charge in [0.25, 0.3) is 5.91 Å². The molecule has 0 aromatic heterocycles. The fourth-order valence-electron chi connectivity index (χ4n) is 2.58. The standard InChI is InChI=1S/C19H20BrNO4/c1-2-21(19(22)13-25-16-6-4-3-5-15(16)20)12-14-7-8-17-18(11-14)24-10-9-23-17/h3-8,11H,2,9-10,12-13H2,1H3. The minimum absolute atomic E-state index is 0.000997. The Kier molecular flexibility index (Phi) is 5.81. The van der Waals surface area contributed by atoms with Crippen molar-refractivity contribution in [2.45, 2.75) is 13.5 Å². The van der Waals surface area contributed by atoms with Crippen molar-refractivity contribution in [2.24, 2.45) is 0 Å². The number of carbonyl (C=O) groups excluding carboxylic acids is 1. The van der Waals surface area contributed by atoms with E-state index in [0.717, 1.165) is 21.5 Å². The van der Waals surface area contributed by atoms with E-state index in [1.165, 1.54) is 0 Å². The first-order chi connectivity index (χ1) is 12.2. The first-order valence-corrected chi connectivity index (χ1v) is 9.00. The molecule has 1 heterocycles. The fourth-order valence-corrected chi connectivity index (χ4v) is 2.97. The van der Waals surface area contributed by atoms with Crippen molar-refractivity contribution in [2.75, 3.05) is 26.4 Å². The number of para-hydroxylation sites is 1. The normalized spacial score (nSPS) is 12.6. The van der Waals surface area contributed by atoms with E-state index in [1.54, 1.807) is 4.90 Å². The maximum atomic E-state index is 12.5. The highest BCUT2D eigenvalue weighted by Gasteiger charge is 2.16. The van der Waals surface area contributed by atoms with Crippen LogP contribution in [0.1, 0.15) is 12.5 Å². The second kappa shape index (κ2) is 8.25. The zero-order valence-electron chi connectivity index (χ0n) is 14.0. The lowest BCUT2D eigenvalue weighted by atomic mass is 10.1. The summed E-state index contributed by atoms with van der Waals surface area (Å²) >= 11 is 3.41. The number of carbonyl (C=O) groups is 1. The van der Waals surface area contributed by atoms with Crippen molar-refractivity contribution >= 4 is 21.8 Å². The van der Waals surface area contributed by atoms with Gasteiger partial charge in [0.15, 0.2) is 18.1 Å². The quantitative estimate of drug-likeness (QED) is 0.735. The van der Waals surface area contributed by atoms with Gasteiger partial charge in [0.2, 0.25) is 0 Å². The first kappa shape index (κ1) is 17.6. The minimum Gasteiger partial charge on any atom is -0.486 e. The molecule has 132 valence electrons. The number of ether oxygens (including phenoxy) is 3. The second-order valence-corrected chi connectivity index (χ2v) is 6.46. The molecule has 6 heteroatoms. The van der Waals surface area contributed by atoms with Gasteiger partial charge < -0.3 is 19.1 Å². The summed E-state index contributed by atoms with van der Waals surface area (Å²) in [5.41, 5.74) is 1.00. The molecule has 0 atom stereocenters. The smallest absolute Gasteiger partial charge is 0.260 e. The van der Waals surface area contributed by atoms with E-state index in [4.69, 9.17) is 14.2 Å². The number of hydrogen-bond donors (Lipinski definition) is 0. The van der Waals surface area contributed by atoms with Crippen LogP contribution >= 0.6 is 15.9 Å². The average molecular weight is 406 g/mol. The fraction of sp³-hybridized carbons (Fsp3) is 0.316. The van der Waals surface area contributed by atoms with Crippen LogP contribution in [0.5, 0.6) is 17.2 Å². The number of nitrogens with zero attached hydrogens (tertiary/aromatic N) is 1. The molecule has 0 aliphatic carbocycles. The molecule has 2 aromatic rings. The second-order valence-electron chi connectivity index (χ2n) is 5.61. The van der Waals surface area contributed by atoms with Gasteiger partial charge in [-0.25, -0.2) is 0 Å². The predicted molar refractivity (Wildman–Crippen MR) is 98.2 cm³/mol. The first-order valence-electron chi connectivity index (χ1n) is 8.21. The highest BCUT2D eigenvalue weighted by Crippen LogP contribution is 2.31. The van der Waals surface area contributed by atoms with E-state index < -0.39 is 0 Å². The van der Waals surface area contributed by atoms with E-state index >= 15 is 0 Å². The van der Waals surface area contributed by atoms with Gasteiger partial charge in [-0.1, -0.05) is 18.2 Å². The lowest BCUT2D eigenvalue weighted by Crippen LogP contribution is -2.34. The Bertz CT molecular complexity index is 750. The molecule has 5 nitrogen and oxygen atoms in total. The number of halogens is 1. The van der Waals surface area contributed by atoms with Gasteiger partial charge in [0, 0.05) is 13.1 Å². The number of likely N-dealkylation sites (N-methyl/N-ethyl adjacent to an activating group) is 1. The third-order valence-corrected chi connectivity index (χ3v) is 4.56. The molecule has 0 unspecified atom stereocenters. The summed E-state index contributed by atoms with van der Waals surface area (Å²) in [6.45, 7) is 4.18. The van der Waals surface area contributed by atoms with Crippen molar-refractivity contribution in [3.05, 3.63) is 52.5 Å². The number of benzene rings is 2. The van der Waals surface area contributed by atoms with E-state index in [2.05, 4.69) is 15.9 Å². The van der Waals surface area contributed by atoms with Crippen LogP contribution in [0.4, 0.5) is 0 Å². The lowest BCUT2D eigenvalue weighted by molar-refractivity contribution is -0.133. The van der Waals surface area contributed by atoms with E-state index in [9.17, 15) is 4.79 Å². The zero-order chi connectivity index (χ0) is 17.6. The Morgan fingerprint density at radius 1 is 1.16 bits per heavy atom. The molecule has 0 spiro atoms. The van der Waals surface area contributed by atoms with Crippen molar-refractivity contribution in [3.63, 3.8) is 0 Å². The van der Waals surface area contributed by atoms with Gasteiger partial charge in [0.05, 0.1) is 4.47 Å². The van der Waals surface area contributed by atoms with Gasteiger partial charge in [0.1, 0.15) is 19.0 Å². The average Bonchev–Trinajstić information content (AvgIpc) is 2.65. The van der Waals surface area contributed by atoms with Crippen LogP contribution in [0.15, 0.2) is 46.9 Å². The van der Waals surface area contributed by atoms with Gasteiger partial charge in [-0.05, 0) is 52.7 Å². The summed E-state index contributed by atoms with van der Waals surface area (Å²) in [4.78, 5) is 14.2. The molecule has 25 heavy (non-hydrogen) atoms. The highest BCUT2D eigenvalue weighted by atomic mass is 79.9. The highest BCUT2D eigenvalue weighted by molar-refractivity contribution is 9.10. The largest absolute Gasteiger partial charge is 0.486 e. The molecule has 3 rings (SSSR count). The van der Waals surface area contributed by atoms with Crippen LogP contribution in [-0.4, -0.2) is 37.2 Å². The van der Waals surface area contributed by atoms with Crippen LogP contribution in [0.3, 0.4) is 0 Å². The molecule has 0 saturated carbocycles. The van der Waals surface area contributed by atoms with E-state index in [-0.39, 0.29) is 12.5 Å². The maximum absolute atomic E-state index is 12.5. The number of fused-ring (bicyclic) bond motifs is 1. The molecule has 0 bridgehead atoms. The third kappa shape index (κ3) is 4.45. The van der Waals surface area contributed by atoms with Gasteiger partial charge >= 0.3 is 0 Å². The maximum Gasteiger partial charge on any atom is 0.260 e. The molecular formula is C19H20BrNO4. The van der Waals surface area contributed by atoms with Crippen LogP contribution in [0.2, 0.25) is 0 Å². The Morgan fingerprint density at radius 3 is 2.68 bits per heavy atom. The molecule has 2 aromatic carbocycles.